The molecule has 5 nitrogen and oxygen atoms in total. The third-order valence-corrected chi connectivity index (χ3v) is 3.83. The summed E-state index contributed by atoms with van der Waals surface area (Å²) in [5.41, 5.74) is 0. The molecule has 2 N–H and O–H groups in total. The highest BCUT2D eigenvalue weighted by atomic mass is 16.4. The maximum absolute atomic E-state index is 12.3. The number of piperidine rings is 1. The van der Waals surface area contributed by atoms with Gasteiger partial charge in [-0.1, -0.05) is 6.92 Å². The summed E-state index contributed by atoms with van der Waals surface area (Å²) in [5.74, 6) is -0.850. The summed E-state index contributed by atoms with van der Waals surface area (Å²) in [6.07, 6.45) is 3.62. The number of hydrogen-bond donors (Lipinski definition) is 2. The quantitative estimate of drug-likeness (QED) is 0.735. The fourth-order valence-electron chi connectivity index (χ4n) is 2.91. The molecule has 0 saturated carbocycles. The molecule has 0 aromatic heterocycles. The van der Waals surface area contributed by atoms with Crippen molar-refractivity contribution < 1.29 is 14.7 Å². The molecule has 0 bridgehead atoms. The van der Waals surface area contributed by atoms with Crippen LogP contribution in [0.2, 0.25) is 0 Å². The van der Waals surface area contributed by atoms with Gasteiger partial charge in [0.05, 0.1) is 6.04 Å². The van der Waals surface area contributed by atoms with Gasteiger partial charge in [0.15, 0.2) is 0 Å². The number of aliphatic carboxylic acids is 1. The molecule has 0 aromatic rings. The number of carbonyl (C=O) groups excluding carboxylic acids is 1. The summed E-state index contributed by atoms with van der Waals surface area (Å²) >= 11 is 0. The SMILES string of the molecule is CC1CCCN(C(=O)[C@@H]2CCCN2)C1C(=O)O. The standard InChI is InChI=1S/C12H20N2O3/c1-8-4-3-7-14(10(8)12(16)17)11(15)9-5-2-6-13-9/h8-10,13H,2-7H2,1H3,(H,16,17)/t8?,9-,10?/m0/s1. The smallest absolute Gasteiger partial charge is 0.326 e. The van der Waals surface area contributed by atoms with Crippen LogP contribution in [0.15, 0.2) is 0 Å². The van der Waals surface area contributed by atoms with Gasteiger partial charge in [-0.25, -0.2) is 4.79 Å². The highest BCUT2D eigenvalue weighted by Gasteiger charge is 2.39. The number of nitrogens with zero attached hydrogens (tertiary/aromatic N) is 1. The Labute approximate surface area is 101 Å². The maximum atomic E-state index is 12.3. The number of amides is 1. The maximum Gasteiger partial charge on any atom is 0.326 e. The third-order valence-electron chi connectivity index (χ3n) is 3.83. The molecule has 5 heteroatoms. The van der Waals surface area contributed by atoms with E-state index in [-0.39, 0.29) is 17.9 Å². The topological polar surface area (TPSA) is 69.6 Å². The van der Waals surface area contributed by atoms with Gasteiger partial charge in [-0.15, -0.1) is 0 Å². The van der Waals surface area contributed by atoms with Gasteiger partial charge in [-0.2, -0.15) is 0 Å². The lowest BCUT2D eigenvalue weighted by Gasteiger charge is -2.38. The van der Waals surface area contributed by atoms with Gasteiger partial charge in [-0.05, 0) is 38.1 Å². The Morgan fingerprint density at radius 1 is 1.29 bits per heavy atom. The molecule has 17 heavy (non-hydrogen) atoms. The van der Waals surface area contributed by atoms with E-state index in [9.17, 15) is 14.7 Å². The van der Waals surface area contributed by atoms with E-state index < -0.39 is 12.0 Å². The third kappa shape index (κ3) is 2.44. The van der Waals surface area contributed by atoms with E-state index in [0.717, 1.165) is 32.2 Å². The molecular formula is C12H20N2O3. The Bertz CT molecular complexity index is 313. The van der Waals surface area contributed by atoms with Crippen LogP contribution in [0.3, 0.4) is 0 Å². The molecule has 2 aliphatic heterocycles. The van der Waals surface area contributed by atoms with Gasteiger partial charge >= 0.3 is 5.97 Å². The van der Waals surface area contributed by atoms with Crippen molar-refractivity contribution in [3.8, 4) is 0 Å². The summed E-state index contributed by atoms with van der Waals surface area (Å²) in [4.78, 5) is 25.1. The highest BCUT2D eigenvalue weighted by Crippen LogP contribution is 2.25. The summed E-state index contributed by atoms with van der Waals surface area (Å²) in [6, 6.07) is -0.805. The first kappa shape index (κ1) is 12.4. The molecule has 2 aliphatic rings. The summed E-state index contributed by atoms with van der Waals surface area (Å²) < 4.78 is 0. The van der Waals surface area contributed by atoms with Crippen LogP contribution in [0.25, 0.3) is 0 Å². The first-order chi connectivity index (χ1) is 8.11. The van der Waals surface area contributed by atoms with Crippen LogP contribution >= 0.6 is 0 Å². The number of rotatable bonds is 2. The van der Waals surface area contributed by atoms with Gasteiger partial charge in [0.1, 0.15) is 6.04 Å². The summed E-state index contributed by atoms with van der Waals surface area (Å²) in [7, 11) is 0. The number of likely N-dealkylation sites (tertiary alicyclic amines) is 1. The Morgan fingerprint density at radius 3 is 2.65 bits per heavy atom. The Kier molecular flexibility index (Phi) is 3.66. The molecule has 2 fully saturated rings. The first-order valence-electron chi connectivity index (χ1n) is 6.38. The number of carboxylic acids is 1. The molecular weight excluding hydrogens is 220 g/mol. The molecule has 0 radical (unpaired) electrons. The van der Waals surface area contributed by atoms with E-state index in [2.05, 4.69) is 5.32 Å². The average molecular weight is 240 g/mol. The molecule has 2 heterocycles. The first-order valence-corrected chi connectivity index (χ1v) is 6.38. The Balaban J connectivity index is 2.10. The molecule has 3 atom stereocenters. The number of carboxylic acid groups (broad SMARTS) is 1. The minimum atomic E-state index is -0.872. The fourth-order valence-corrected chi connectivity index (χ4v) is 2.91. The molecule has 0 aliphatic carbocycles. The average Bonchev–Trinajstić information content (AvgIpc) is 2.80. The molecule has 0 aromatic carbocycles. The predicted octanol–water partition coefficient (Wildman–Crippen LogP) is 0.450. The second-order valence-corrected chi connectivity index (χ2v) is 5.08. The minimum absolute atomic E-state index is 0.0264. The van der Waals surface area contributed by atoms with Crippen molar-refractivity contribution >= 4 is 11.9 Å². The van der Waals surface area contributed by atoms with Crippen LogP contribution in [-0.4, -0.2) is 47.1 Å². The number of nitrogens with one attached hydrogen (secondary N) is 1. The molecule has 2 rings (SSSR count). The zero-order valence-electron chi connectivity index (χ0n) is 10.2. The zero-order valence-corrected chi connectivity index (χ0v) is 10.2. The highest BCUT2D eigenvalue weighted by molar-refractivity contribution is 5.87. The largest absolute Gasteiger partial charge is 0.480 e. The van der Waals surface area contributed by atoms with E-state index in [1.807, 2.05) is 6.92 Å². The lowest BCUT2D eigenvalue weighted by atomic mass is 9.90. The monoisotopic (exact) mass is 240 g/mol. The molecule has 96 valence electrons. The minimum Gasteiger partial charge on any atom is -0.480 e. The normalized spacial score (nSPS) is 33.7. The second-order valence-electron chi connectivity index (χ2n) is 5.08. The predicted molar refractivity (Wildman–Crippen MR) is 62.6 cm³/mol. The van der Waals surface area contributed by atoms with Gasteiger partial charge in [-0.3, -0.25) is 4.79 Å². The van der Waals surface area contributed by atoms with E-state index in [1.165, 1.54) is 0 Å². The van der Waals surface area contributed by atoms with Crippen molar-refractivity contribution in [1.82, 2.24) is 10.2 Å². The van der Waals surface area contributed by atoms with Crippen LogP contribution in [0, 0.1) is 5.92 Å². The van der Waals surface area contributed by atoms with Crippen molar-refractivity contribution in [2.45, 2.75) is 44.7 Å². The van der Waals surface area contributed by atoms with Crippen LogP contribution < -0.4 is 5.32 Å². The van der Waals surface area contributed by atoms with Crippen LogP contribution in [0.1, 0.15) is 32.6 Å². The van der Waals surface area contributed by atoms with Crippen molar-refractivity contribution in [3.63, 3.8) is 0 Å². The second kappa shape index (κ2) is 5.04. The van der Waals surface area contributed by atoms with Crippen molar-refractivity contribution in [2.24, 2.45) is 5.92 Å². The van der Waals surface area contributed by atoms with E-state index >= 15 is 0 Å². The van der Waals surface area contributed by atoms with Crippen LogP contribution in [0.4, 0.5) is 0 Å². The van der Waals surface area contributed by atoms with Gasteiger partial charge in [0, 0.05) is 6.54 Å². The Hall–Kier alpha value is -1.10. The van der Waals surface area contributed by atoms with E-state index in [4.69, 9.17) is 0 Å². The fraction of sp³-hybridized carbons (Fsp3) is 0.833. The Morgan fingerprint density at radius 2 is 2.06 bits per heavy atom. The number of carbonyl (C=O) groups is 2. The van der Waals surface area contributed by atoms with Gasteiger partial charge in [0.25, 0.3) is 0 Å². The van der Waals surface area contributed by atoms with Crippen LogP contribution in [-0.2, 0) is 9.59 Å². The molecule has 0 spiro atoms. The van der Waals surface area contributed by atoms with Crippen LogP contribution in [0.5, 0.6) is 0 Å². The summed E-state index contributed by atoms with van der Waals surface area (Å²) in [5, 5.41) is 12.4. The lowest BCUT2D eigenvalue weighted by molar-refractivity contribution is -0.155. The van der Waals surface area contributed by atoms with Crippen molar-refractivity contribution in [1.29, 1.82) is 0 Å². The van der Waals surface area contributed by atoms with E-state index in [1.54, 1.807) is 4.90 Å². The molecule has 2 saturated heterocycles. The zero-order chi connectivity index (χ0) is 12.4. The summed E-state index contributed by atoms with van der Waals surface area (Å²) in [6.45, 7) is 3.36. The van der Waals surface area contributed by atoms with Gasteiger partial charge < -0.3 is 15.3 Å². The number of hydrogen-bond acceptors (Lipinski definition) is 3. The van der Waals surface area contributed by atoms with Crippen molar-refractivity contribution in [2.75, 3.05) is 13.1 Å². The molecule has 1 amide bonds. The van der Waals surface area contributed by atoms with Crippen molar-refractivity contribution in [3.05, 3.63) is 0 Å². The molecule has 2 unspecified atom stereocenters. The lowest BCUT2D eigenvalue weighted by Crippen LogP contribution is -2.56. The van der Waals surface area contributed by atoms with Gasteiger partial charge in [0.2, 0.25) is 5.91 Å². The van der Waals surface area contributed by atoms with E-state index in [0.29, 0.717) is 6.54 Å².